The van der Waals surface area contributed by atoms with Crippen molar-refractivity contribution in [3.05, 3.63) is 11.6 Å². The number of fused-ring (bicyclic) bond motifs is 1. The lowest BCUT2D eigenvalue weighted by Crippen LogP contribution is -2.31. The van der Waals surface area contributed by atoms with Crippen molar-refractivity contribution in [2.45, 2.75) is 38.3 Å². The molecule has 78 valence electrons. The van der Waals surface area contributed by atoms with Gasteiger partial charge in [-0.1, -0.05) is 0 Å². The van der Waals surface area contributed by atoms with Gasteiger partial charge in [0.2, 0.25) is 0 Å². The molecule has 1 aromatic heterocycles. The van der Waals surface area contributed by atoms with Gasteiger partial charge < -0.3 is 10.8 Å². The van der Waals surface area contributed by atoms with Gasteiger partial charge in [-0.15, -0.1) is 0 Å². The fourth-order valence-corrected chi connectivity index (χ4v) is 1.72. The first-order valence-corrected chi connectivity index (χ1v) is 5.08. The molecular weight excluding hydrogens is 180 g/mol. The summed E-state index contributed by atoms with van der Waals surface area (Å²) in [6.07, 6.45) is 3.29. The molecule has 5 heteroatoms. The summed E-state index contributed by atoms with van der Waals surface area (Å²) < 4.78 is 1.94. The minimum absolute atomic E-state index is 0.198. The van der Waals surface area contributed by atoms with Crippen molar-refractivity contribution in [3.63, 3.8) is 0 Å². The zero-order chi connectivity index (χ0) is 9.97. The van der Waals surface area contributed by atoms with Crippen molar-refractivity contribution in [1.29, 1.82) is 0 Å². The number of aromatic nitrogens is 3. The number of hydrogen-bond donors (Lipinski definition) is 2. The third kappa shape index (κ3) is 1.93. The average molecular weight is 196 g/mol. The molecular formula is C9H16N4O. The molecule has 0 saturated heterocycles. The van der Waals surface area contributed by atoms with Crippen molar-refractivity contribution in [2.75, 3.05) is 6.61 Å². The molecule has 0 radical (unpaired) electrons. The van der Waals surface area contributed by atoms with Crippen molar-refractivity contribution >= 4 is 0 Å². The molecule has 0 spiro atoms. The molecule has 1 aromatic rings. The maximum Gasteiger partial charge on any atom is 0.151 e. The number of aliphatic hydroxyl groups is 1. The molecule has 0 amide bonds. The van der Waals surface area contributed by atoms with Gasteiger partial charge >= 0.3 is 0 Å². The first-order valence-electron chi connectivity index (χ1n) is 5.08. The van der Waals surface area contributed by atoms with Crippen LogP contribution in [-0.4, -0.2) is 32.5 Å². The number of hydrogen-bond acceptors (Lipinski definition) is 4. The predicted octanol–water partition coefficient (Wildman–Crippen LogP) is -0.524. The molecule has 5 nitrogen and oxygen atoms in total. The highest BCUT2D eigenvalue weighted by Crippen LogP contribution is 2.11. The van der Waals surface area contributed by atoms with Crippen LogP contribution in [0.4, 0.5) is 0 Å². The van der Waals surface area contributed by atoms with E-state index < -0.39 is 0 Å². The van der Waals surface area contributed by atoms with E-state index in [1.807, 2.05) is 4.68 Å². The van der Waals surface area contributed by atoms with E-state index in [2.05, 4.69) is 10.1 Å². The fraction of sp³-hybridized carbons (Fsp3) is 0.778. The lowest BCUT2D eigenvalue weighted by Gasteiger charge is -2.17. The summed E-state index contributed by atoms with van der Waals surface area (Å²) in [5.74, 6) is 1.83. The monoisotopic (exact) mass is 196 g/mol. The maximum absolute atomic E-state index is 8.69. The van der Waals surface area contributed by atoms with E-state index in [1.54, 1.807) is 0 Å². The average Bonchev–Trinajstić information content (AvgIpc) is 2.56. The van der Waals surface area contributed by atoms with Crippen LogP contribution in [0.5, 0.6) is 0 Å². The molecule has 2 heterocycles. The summed E-state index contributed by atoms with van der Waals surface area (Å²) in [7, 11) is 0. The van der Waals surface area contributed by atoms with E-state index in [1.165, 1.54) is 0 Å². The Bertz CT molecular complexity index is 310. The Morgan fingerprint density at radius 2 is 2.43 bits per heavy atom. The van der Waals surface area contributed by atoms with E-state index in [0.717, 1.165) is 43.9 Å². The second-order valence-corrected chi connectivity index (χ2v) is 3.75. The Kier molecular flexibility index (Phi) is 2.79. The van der Waals surface area contributed by atoms with Crippen LogP contribution in [0.15, 0.2) is 0 Å². The van der Waals surface area contributed by atoms with Crippen molar-refractivity contribution < 1.29 is 5.11 Å². The largest absolute Gasteiger partial charge is 0.396 e. The predicted molar refractivity (Wildman–Crippen MR) is 51.7 cm³/mol. The highest BCUT2D eigenvalue weighted by molar-refractivity contribution is 4.98. The van der Waals surface area contributed by atoms with Gasteiger partial charge in [-0.2, -0.15) is 5.10 Å². The van der Waals surface area contributed by atoms with E-state index in [0.29, 0.717) is 0 Å². The molecule has 0 aromatic carbocycles. The molecule has 1 unspecified atom stereocenters. The lowest BCUT2D eigenvalue weighted by atomic mass is 10.1. The molecule has 0 bridgehead atoms. The van der Waals surface area contributed by atoms with Gasteiger partial charge in [0.15, 0.2) is 5.82 Å². The van der Waals surface area contributed by atoms with Crippen LogP contribution in [-0.2, 0) is 19.4 Å². The Hall–Kier alpha value is -0.940. The SMILES string of the molecule is NC1CCn2nc(CCCO)nc2C1. The minimum atomic E-state index is 0.198. The molecule has 1 aliphatic rings. The molecule has 2 rings (SSSR count). The zero-order valence-corrected chi connectivity index (χ0v) is 8.19. The van der Waals surface area contributed by atoms with Crippen LogP contribution >= 0.6 is 0 Å². The van der Waals surface area contributed by atoms with Gasteiger partial charge in [0.25, 0.3) is 0 Å². The summed E-state index contributed by atoms with van der Waals surface area (Å²) in [6, 6.07) is 0.234. The summed E-state index contributed by atoms with van der Waals surface area (Å²) in [6.45, 7) is 1.08. The van der Waals surface area contributed by atoms with Crippen molar-refractivity contribution in [2.24, 2.45) is 5.73 Å². The van der Waals surface area contributed by atoms with E-state index in [9.17, 15) is 0 Å². The Labute approximate surface area is 82.9 Å². The fourth-order valence-electron chi connectivity index (χ4n) is 1.72. The lowest BCUT2D eigenvalue weighted by molar-refractivity contribution is 0.287. The molecule has 0 fully saturated rings. The number of nitrogens with two attached hydrogens (primary N) is 1. The highest BCUT2D eigenvalue weighted by Gasteiger charge is 2.18. The van der Waals surface area contributed by atoms with E-state index >= 15 is 0 Å². The number of rotatable bonds is 3. The van der Waals surface area contributed by atoms with E-state index in [-0.39, 0.29) is 12.6 Å². The molecule has 0 aliphatic carbocycles. The van der Waals surface area contributed by atoms with Crippen LogP contribution < -0.4 is 5.73 Å². The van der Waals surface area contributed by atoms with Crippen LogP contribution in [0, 0.1) is 0 Å². The van der Waals surface area contributed by atoms with Gasteiger partial charge in [0.05, 0.1) is 0 Å². The number of nitrogens with zero attached hydrogens (tertiary/aromatic N) is 3. The van der Waals surface area contributed by atoms with Gasteiger partial charge in [0, 0.05) is 32.0 Å². The van der Waals surface area contributed by atoms with Crippen LogP contribution in [0.1, 0.15) is 24.5 Å². The van der Waals surface area contributed by atoms with Crippen LogP contribution in [0.2, 0.25) is 0 Å². The molecule has 0 saturated carbocycles. The minimum Gasteiger partial charge on any atom is -0.396 e. The summed E-state index contributed by atoms with van der Waals surface area (Å²) in [4.78, 5) is 4.40. The molecule has 14 heavy (non-hydrogen) atoms. The Morgan fingerprint density at radius 3 is 3.21 bits per heavy atom. The van der Waals surface area contributed by atoms with E-state index in [4.69, 9.17) is 10.8 Å². The standard InChI is InChI=1S/C9H16N4O/c10-7-3-4-13-9(6-7)11-8(12-13)2-1-5-14/h7,14H,1-6,10H2. The summed E-state index contributed by atoms with van der Waals surface area (Å²) in [5.41, 5.74) is 5.84. The maximum atomic E-state index is 8.69. The smallest absolute Gasteiger partial charge is 0.151 e. The molecule has 1 atom stereocenters. The quantitative estimate of drug-likeness (QED) is 0.681. The van der Waals surface area contributed by atoms with Crippen LogP contribution in [0.25, 0.3) is 0 Å². The zero-order valence-electron chi connectivity index (χ0n) is 8.19. The third-order valence-corrected chi connectivity index (χ3v) is 2.51. The number of aliphatic hydroxyl groups excluding tert-OH is 1. The number of aryl methyl sites for hydroxylation is 2. The first kappa shape index (κ1) is 9.61. The van der Waals surface area contributed by atoms with Gasteiger partial charge in [-0.05, 0) is 12.8 Å². The van der Waals surface area contributed by atoms with Crippen molar-refractivity contribution in [3.8, 4) is 0 Å². The summed E-state index contributed by atoms with van der Waals surface area (Å²) >= 11 is 0. The Balaban J connectivity index is 2.07. The second-order valence-electron chi connectivity index (χ2n) is 3.75. The van der Waals surface area contributed by atoms with Crippen LogP contribution in [0.3, 0.4) is 0 Å². The Morgan fingerprint density at radius 1 is 1.57 bits per heavy atom. The highest BCUT2D eigenvalue weighted by atomic mass is 16.2. The molecule has 1 aliphatic heterocycles. The second kappa shape index (κ2) is 4.06. The first-order chi connectivity index (χ1) is 6.79. The summed E-state index contributed by atoms with van der Waals surface area (Å²) in [5, 5.41) is 13.1. The molecule has 3 N–H and O–H groups in total. The topological polar surface area (TPSA) is 77.0 Å². The van der Waals surface area contributed by atoms with Gasteiger partial charge in [0.1, 0.15) is 5.82 Å². The normalized spacial score (nSPS) is 20.9. The van der Waals surface area contributed by atoms with Gasteiger partial charge in [-0.25, -0.2) is 9.67 Å². The van der Waals surface area contributed by atoms with Crippen molar-refractivity contribution in [1.82, 2.24) is 14.8 Å². The third-order valence-electron chi connectivity index (χ3n) is 2.51. The van der Waals surface area contributed by atoms with Gasteiger partial charge in [-0.3, -0.25) is 0 Å².